The SMILES string of the molecule is O=C(NCc1cccc(C(=O)Nc2ccccc2)c1)c1cccc(N2CCCS2(=O)=O)c1. The predicted octanol–water partition coefficient (Wildman–Crippen LogP) is 3.41. The van der Waals surface area contributed by atoms with Crippen LogP contribution in [0.3, 0.4) is 0 Å². The Morgan fingerprint density at radius 1 is 0.844 bits per heavy atom. The minimum atomic E-state index is -3.31. The second-order valence-electron chi connectivity index (χ2n) is 7.50. The highest BCUT2D eigenvalue weighted by Gasteiger charge is 2.28. The van der Waals surface area contributed by atoms with Crippen LogP contribution in [0.25, 0.3) is 0 Å². The Morgan fingerprint density at radius 2 is 1.56 bits per heavy atom. The zero-order valence-electron chi connectivity index (χ0n) is 17.3. The summed E-state index contributed by atoms with van der Waals surface area (Å²) in [7, 11) is -3.31. The van der Waals surface area contributed by atoms with Gasteiger partial charge in [0.05, 0.1) is 11.4 Å². The van der Waals surface area contributed by atoms with Crippen molar-refractivity contribution in [1.29, 1.82) is 0 Å². The van der Waals surface area contributed by atoms with Crippen LogP contribution in [0.4, 0.5) is 11.4 Å². The minimum absolute atomic E-state index is 0.123. The van der Waals surface area contributed by atoms with Gasteiger partial charge < -0.3 is 10.6 Å². The molecule has 0 atom stereocenters. The molecule has 2 N–H and O–H groups in total. The van der Waals surface area contributed by atoms with Gasteiger partial charge >= 0.3 is 0 Å². The first-order valence-corrected chi connectivity index (χ1v) is 11.9. The summed E-state index contributed by atoms with van der Waals surface area (Å²) in [4.78, 5) is 25.1. The lowest BCUT2D eigenvalue weighted by Crippen LogP contribution is -2.26. The van der Waals surface area contributed by atoms with E-state index in [1.54, 1.807) is 42.5 Å². The predicted molar refractivity (Wildman–Crippen MR) is 124 cm³/mol. The molecule has 1 saturated heterocycles. The van der Waals surface area contributed by atoms with Gasteiger partial charge in [-0.2, -0.15) is 0 Å². The molecule has 0 aliphatic carbocycles. The van der Waals surface area contributed by atoms with Crippen LogP contribution >= 0.6 is 0 Å². The molecule has 8 heteroatoms. The van der Waals surface area contributed by atoms with E-state index in [-0.39, 0.29) is 24.1 Å². The topological polar surface area (TPSA) is 95.6 Å². The van der Waals surface area contributed by atoms with Gasteiger partial charge in [-0.3, -0.25) is 13.9 Å². The van der Waals surface area contributed by atoms with E-state index in [4.69, 9.17) is 0 Å². The number of amides is 2. The minimum Gasteiger partial charge on any atom is -0.348 e. The van der Waals surface area contributed by atoms with Crippen LogP contribution in [-0.2, 0) is 16.6 Å². The van der Waals surface area contributed by atoms with Crippen LogP contribution in [0.15, 0.2) is 78.9 Å². The number of nitrogens with zero attached hydrogens (tertiary/aromatic N) is 1. The van der Waals surface area contributed by atoms with Crippen molar-refractivity contribution in [3.05, 3.63) is 95.6 Å². The first-order chi connectivity index (χ1) is 15.4. The van der Waals surface area contributed by atoms with Crippen LogP contribution in [-0.4, -0.2) is 32.5 Å². The lowest BCUT2D eigenvalue weighted by Gasteiger charge is -2.17. The van der Waals surface area contributed by atoms with E-state index in [1.807, 2.05) is 36.4 Å². The van der Waals surface area contributed by atoms with E-state index in [1.165, 1.54) is 4.31 Å². The van der Waals surface area contributed by atoms with Gasteiger partial charge in [0.15, 0.2) is 0 Å². The highest BCUT2D eigenvalue weighted by Crippen LogP contribution is 2.24. The monoisotopic (exact) mass is 449 g/mol. The molecule has 164 valence electrons. The van der Waals surface area contributed by atoms with Crippen LogP contribution < -0.4 is 14.9 Å². The summed E-state index contributed by atoms with van der Waals surface area (Å²) in [5, 5.41) is 5.67. The van der Waals surface area contributed by atoms with E-state index in [0.29, 0.717) is 35.5 Å². The fourth-order valence-electron chi connectivity index (χ4n) is 3.56. The van der Waals surface area contributed by atoms with Crippen molar-refractivity contribution in [3.63, 3.8) is 0 Å². The van der Waals surface area contributed by atoms with Gasteiger partial charge in [-0.25, -0.2) is 8.42 Å². The van der Waals surface area contributed by atoms with Crippen molar-refractivity contribution >= 4 is 33.2 Å². The molecule has 0 saturated carbocycles. The highest BCUT2D eigenvalue weighted by atomic mass is 32.2. The molecular weight excluding hydrogens is 426 g/mol. The van der Waals surface area contributed by atoms with E-state index in [0.717, 1.165) is 5.56 Å². The Morgan fingerprint density at radius 3 is 2.28 bits per heavy atom. The summed E-state index contributed by atoms with van der Waals surface area (Å²) in [5.41, 5.74) is 2.84. The molecule has 0 unspecified atom stereocenters. The number of nitrogens with one attached hydrogen (secondary N) is 2. The van der Waals surface area contributed by atoms with Crippen molar-refractivity contribution < 1.29 is 18.0 Å². The van der Waals surface area contributed by atoms with E-state index < -0.39 is 10.0 Å². The summed E-state index contributed by atoms with van der Waals surface area (Å²) in [6, 6.07) is 22.8. The van der Waals surface area contributed by atoms with Gasteiger partial charge in [-0.1, -0.05) is 36.4 Å². The fourth-order valence-corrected chi connectivity index (χ4v) is 5.12. The van der Waals surface area contributed by atoms with E-state index in [9.17, 15) is 18.0 Å². The van der Waals surface area contributed by atoms with Crippen LogP contribution in [0.1, 0.15) is 32.7 Å². The number of benzene rings is 3. The molecule has 32 heavy (non-hydrogen) atoms. The number of para-hydroxylation sites is 1. The average molecular weight is 450 g/mol. The Labute approximate surface area is 187 Å². The Bertz CT molecular complexity index is 1240. The molecule has 1 heterocycles. The molecule has 3 aromatic rings. The molecule has 1 aliphatic rings. The number of hydrogen-bond acceptors (Lipinski definition) is 4. The number of carbonyl (C=O) groups excluding carboxylic acids is 2. The van der Waals surface area contributed by atoms with Crippen LogP contribution in [0, 0.1) is 0 Å². The maximum atomic E-state index is 12.6. The van der Waals surface area contributed by atoms with Crippen molar-refractivity contribution in [2.24, 2.45) is 0 Å². The third-order valence-electron chi connectivity index (χ3n) is 5.17. The van der Waals surface area contributed by atoms with Crippen LogP contribution in [0.5, 0.6) is 0 Å². The third-order valence-corrected chi connectivity index (χ3v) is 7.04. The smallest absolute Gasteiger partial charge is 0.255 e. The molecule has 1 aliphatic heterocycles. The number of carbonyl (C=O) groups is 2. The standard InChI is InChI=1S/C24H23N3O4S/c28-23(20-9-5-12-22(16-20)27-13-6-14-32(27,30)31)25-17-18-7-4-8-19(15-18)24(29)26-21-10-2-1-3-11-21/h1-5,7-12,15-16H,6,13-14,17H2,(H,25,28)(H,26,29). The maximum absolute atomic E-state index is 12.6. The lowest BCUT2D eigenvalue weighted by molar-refractivity contribution is 0.0950. The van der Waals surface area contributed by atoms with Gasteiger partial charge in [0.25, 0.3) is 11.8 Å². The Hall–Kier alpha value is -3.65. The highest BCUT2D eigenvalue weighted by molar-refractivity contribution is 7.93. The van der Waals surface area contributed by atoms with Gasteiger partial charge in [0.1, 0.15) is 0 Å². The molecule has 1 fully saturated rings. The summed E-state index contributed by atoms with van der Waals surface area (Å²) in [6.45, 7) is 0.656. The molecular formula is C24H23N3O4S. The molecule has 0 radical (unpaired) electrons. The number of sulfonamides is 1. The first kappa shape index (κ1) is 21.6. The molecule has 2 amide bonds. The molecule has 0 spiro atoms. The number of rotatable bonds is 6. The van der Waals surface area contributed by atoms with Crippen LogP contribution in [0.2, 0.25) is 0 Å². The van der Waals surface area contributed by atoms with Crippen molar-refractivity contribution in [2.75, 3.05) is 21.9 Å². The summed E-state index contributed by atoms with van der Waals surface area (Å²) >= 11 is 0. The Kier molecular flexibility index (Phi) is 6.23. The van der Waals surface area contributed by atoms with E-state index in [2.05, 4.69) is 10.6 Å². The van der Waals surface area contributed by atoms with Gasteiger partial charge in [-0.05, 0) is 54.4 Å². The van der Waals surface area contributed by atoms with Crippen molar-refractivity contribution in [1.82, 2.24) is 5.32 Å². The average Bonchev–Trinajstić information content (AvgIpc) is 3.17. The quantitative estimate of drug-likeness (QED) is 0.603. The normalized spacial score (nSPS) is 14.7. The maximum Gasteiger partial charge on any atom is 0.255 e. The van der Waals surface area contributed by atoms with Gasteiger partial charge in [0.2, 0.25) is 10.0 Å². The molecule has 4 rings (SSSR count). The Balaban J connectivity index is 1.41. The lowest BCUT2D eigenvalue weighted by atomic mass is 10.1. The van der Waals surface area contributed by atoms with Gasteiger partial charge in [0, 0.05) is 29.9 Å². The van der Waals surface area contributed by atoms with Crippen molar-refractivity contribution in [2.45, 2.75) is 13.0 Å². The van der Waals surface area contributed by atoms with E-state index >= 15 is 0 Å². The largest absolute Gasteiger partial charge is 0.348 e. The molecule has 0 aromatic heterocycles. The summed E-state index contributed by atoms with van der Waals surface area (Å²) in [5.74, 6) is -0.427. The summed E-state index contributed by atoms with van der Waals surface area (Å²) < 4.78 is 25.6. The first-order valence-electron chi connectivity index (χ1n) is 10.3. The third kappa shape index (κ3) is 4.97. The van der Waals surface area contributed by atoms with Crippen molar-refractivity contribution in [3.8, 4) is 0 Å². The molecule has 3 aromatic carbocycles. The number of anilines is 2. The second-order valence-corrected chi connectivity index (χ2v) is 9.51. The zero-order valence-corrected chi connectivity index (χ0v) is 18.1. The summed E-state index contributed by atoms with van der Waals surface area (Å²) in [6.07, 6.45) is 0.576. The fraction of sp³-hybridized carbons (Fsp3) is 0.167. The zero-order chi connectivity index (χ0) is 22.6. The molecule has 0 bridgehead atoms. The second kappa shape index (κ2) is 9.23. The molecule has 7 nitrogen and oxygen atoms in total. The van der Waals surface area contributed by atoms with Gasteiger partial charge in [-0.15, -0.1) is 0 Å². The number of hydrogen-bond donors (Lipinski definition) is 2.